The van der Waals surface area contributed by atoms with Crippen molar-refractivity contribution in [2.45, 2.75) is 44.9 Å². The minimum Gasteiger partial charge on any atom is -0.303 e. The number of rotatable bonds is 3. The highest BCUT2D eigenvalue weighted by Gasteiger charge is 2.28. The fourth-order valence-electron chi connectivity index (χ4n) is 2.08. The van der Waals surface area contributed by atoms with E-state index in [2.05, 4.69) is 0 Å². The summed E-state index contributed by atoms with van der Waals surface area (Å²) in [6, 6.07) is 0. The van der Waals surface area contributed by atoms with Gasteiger partial charge in [-0.2, -0.15) is 0 Å². The summed E-state index contributed by atoms with van der Waals surface area (Å²) in [5.41, 5.74) is 1.43. The van der Waals surface area contributed by atoms with Gasteiger partial charge >= 0.3 is 0 Å². The smallest absolute Gasteiger partial charge is 0.126 e. The van der Waals surface area contributed by atoms with E-state index in [1.165, 1.54) is 31.2 Å². The molecule has 0 atom stereocenters. The lowest BCUT2D eigenvalue weighted by atomic mass is 9.79. The predicted molar refractivity (Wildman–Crippen MR) is 55.8 cm³/mol. The van der Waals surface area contributed by atoms with Crippen molar-refractivity contribution in [3.8, 4) is 0 Å². The van der Waals surface area contributed by atoms with Gasteiger partial charge in [0.15, 0.2) is 0 Å². The van der Waals surface area contributed by atoms with Crippen LogP contribution in [0.4, 0.5) is 0 Å². The van der Waals surface area contributed by atoms with Crippen molar-refractivity contribution in [1.29, 1.82) is 0 Å². The first-order valence-corrected chi connectivity index (χ1v) is 5.48. The van der Waals surface area contributed by atoms with Crippen molar-refractivity contribution in [3.63, 3.8) is 0 Å². The Morgan fingerprint density at radius 1 is 1.15 bits per heavy atom. The minimum absolute atomic E-state index is 0.0953. The van der Waals surface area contributed by atoms with Gasteiger partial charge in [0.2, 0.25) is 0 Å². The quantitative estimate of drug-likeness (QED) is 0.502. The number of allylic oxidation sites excluding steroid dienone is 1. The molecule has 0 saturated heterocycles. The minimum atomic E-state index is -0.0953. The van der Waals surface area contributed by atoms with Crippen LogP contribution in [0.1, 0.15) is 44.9 Å². The van der Waals surface area contributed by atoms with E-state index in [-0.39, 0.29) is 5.41 Å². The summed E-state index contributed by atoms with van der Waals surface area (Å²) in [7, 11) is 0. The predicted octanol–water partition coefficient (Wildman–Crippen LogP) is 3.67. The topological polar surface area (TPSA) is 17.1 Å². The molecule has 74 valence electrons. The lowest BCUT2D eigenvalue weighted by Gasteiger charge is -2.24. The van der Waals surface area contributed by atoms with Gasteiger partial charge in [-0.05, 0) is 19.3 Å². The van der Waals surface area contributed by atoms with Crippen LogP contribution in [0.15, 0.2) is 11.6 Å². The van der Waals surface area contributed by atoms with Gasteiger partial charge in [-0.3, -0.25) is 0 Å². The van der Waals surface area contributed by atoms with Gasteiger partial charge in [0, 0.05) is 11.0 Å². The molecule has 13 heavy (non-hydrogen) atoms. The van der Waals surface area contributed by atoms with Crippen LogP contribution in [0.2, 0.25) is 0 Å². The lowest BCUT2D eigenvalue weighted by molar-refractivity contribution is -0.116. The highest BCUT2D eigenvalue weighted by Crippen LogP contribution is 2.36. The summed E-state index contributed by atoms with van der Waals surface area (Å²) in [4.78, 5) is 11.1. The van der Waals surface area contributed by atoms with Gasteiger partial charge in [0.05, 0.1) is 0 Å². The van der Waals surface area contributed by atoms with Crippen molar-refractivity contribution in [2.75, 3.05) is 0 Å². The molecule has 0 aromatic rings. The zero-order valence-corrected chi connectivity index (χ0v) is 8.72. The van der Waals surface area contributed by atoms with E-state index in [0.717, 1.165) is 25.5 Å². The molecule has 0 bridgehead atoms. The Kier molecular flexibility index (Phi) is 4.51. The van der Waals surface area contributed by atoms with E-state index in [1.807, 2.05) is 6.08 Å². The van der Waals surface area contributed by atoms with Crippen LogP contribution in [-0.4, -0.2) is 6.29 Å². The summed E-state index contributed by atoms with van der Waals surface area (Å²) < 4.78 is 0. The number of aldehydes is 1. The molecule has 1 fully saturated rings. The first kappa shape index (κ1) is 10.8. The molecule has 1 nitrogen and oxygen atoms in total. The van der Waals surface area contributed by atoms with E-state index in [4.69, 9.17) is 11.6 Å². The third-order valence-corrected chi connectivity index (χ3v) is 3.14. The Morgan fingerprint density at radius 2 is 1.77 bits per heavy atom. The molecule has 0 heterocycles. The van der Waals surface area contributed by atoms with Gasteiger partial charge in [-0.15, -0.1) is 0 Å². The van der Waals surface area contributed by atoms with Crippen molar-refractivity contribution < 1.29 is 4.79 Å². The Balaban J connectivity index is 2.58. The highest BCUT2D eigenvalue weighted by atomic mass is 35.5. The van der Waals surface area contributed by atoms with Crippen molar-refractivity contribution >= 4 is 17.9 Å². The first-order chi connectivity index (χ1) is 6.33. The lowest BCUT2D eigenvalue weighted by Crippen LogP contribution is -2.20. The highest BCUT2D eigenvalue weighted by molar-refractivity contribution is 6.25. The third kappa shape index (κ3) is 3.15. The van der Waals surface area contributed by atoms with Crippen LogP contribution in [-0.2, 0) is 4.79 Å². The summed E-state index contributed by atoms with van der Waals surface area (Å²) in [5.74, 6) is 0. The molecule has 0 spiro atoms. The van der Waals surface area contributed by atoms with E-state index in [9.17, 15) is 4.79 Å². The molecule has 0 aromatic carbocycles. The molecule has 0 aromatic heterocycles. The normalized spacial score (nSPS) is 22.8. The zero-order valence-electron chi connectivity index (χ0n) is 7.97. The molecule has 2 heteroatoms. The van der Waals surface area contributed by atoms with Crippen molar-refractivity contribution in [1.82, 2.24) is 0 Å². The van der Waals surface area contributed by atoms with Gasteiger partial charge in [0.1, 0.15) is 6.29 Å². The molecule has 0 N–H and O–H groups in total. The van der Waals surface area contributed by atoms with E-state index in [1.54, 1.807) is 0 Å². The van der Waals surface area contributed by atoms with Crippen LogP contribution in [0.5, 0.6) is 0 Å². The summed E-state index contributed by atoms with van der Waals surface area (Å²) in [6.07, 6.45) is 10.9. The van der Waals surface area contributed by atoms with Crippen molar-refractivity contribution in [3.05, 3.63) is 11.6 Å². The molecule has 0 radical (unpaired) electrons. The molecular formula is C11H17ClO. The second kappa shape index (κ2) is 5.43. The van der Waals surface area contributed by atoms with Crippen molar-refractivity contribution in [2.24, 2.45) is 5.41 Å². The number of carbonyl (C=O) groups is 1. The zero-order chi connectivity index (χ0) is 9.57. The molecule has 1 rings (SSSR count). The van der Waals surface area contributed by atoms with Crippen LogP contribution in [0.25, 0.3) is 0 Å². The molecule has 1 aliphatic rings. The summed E-state index contributed by atoms with van der Waals surface area (Å²) in [5, 5.41) is 0. The fourth-order valence-corrected chi connectivity index (χ4v) is 2.17. The maximum absolute atomic E-state index is 11.1. The van der Waals surface area contributed by atoms with Crippen LogP contribution in [0, 0.1) is 5.41 Å². The summed E-state index contributed by atoms with van der Waals surface area (Å²) in [6.45, 7) is 0. The van der Waals surface area contributed by atoms with E-state index < -0.39 is 0 Å². The second-order valence-corrected chi connectivity index (χ2v) is 4.21. The maximum atomic E-state index is 11.1. The van der Waals surface area contributed by atoms with Gasteiger partial charge in [-0.1, -0.05) is 43.4 Å². The molecule has 0 aliphatic heterocycles. The number of halogens is 1. The average molecular weight is 201 g/mol. The van der Waals surface area contributed by atoms with Gasteiger partial charge < -0.3 is 4.79 Å². The largest absolute Gasteiger partial charge is 0.303 e. The second-order valence-electron chi connectivity index (χ2n) is 3.96. The maximum Gasteiger partial charge on any atom is 0.126 e. The van der Waals surface area contributed by atoms with Gasteiger partial charge in [-0.25, -0.2) is 0 Å². The van der Waals surface area contributed by atoms with E-state index >= 15 is 0 Å². The standard InChI is InChI=1S/C11H17ClO/c12-9-5-8-11(10-13)6-3-1-2-4-7-11/h5,9-10H,1-4,6-8H2/b9-5+. The summed E-state index contributed by atoms with van der Waals surface area (Å²) >= 11 is 5.48. The molecule has 0 unspecified atom stereocenters. The van der Waals surface area contributed by atoms with Gasteiger partial charge in [0.25, 0.3) is 0 Å². The Morgan fingerprint density at radius 3 is 2.23 bits per heavy atom. The molecular weight excluding hydrogens is 184 g/mol. The Hall–Kier alpha value is -0.300. The van der Waals surface area contributed by atoms with Crippen LogP contribution < -0.4 is 0 Å². The average Bonchev–Trinajstić information content (AvgIpc) is 2.41. The van der Waals surface area contributed by atoms with Crippen LogP contribution >= 0.6 is 11.6 Å². The molecule has 1 saturated carbocycles. The number of hydrogen-bond donors (Lipinski definition) is 0. The molecule has 1 aliphatic carbocycles. The monoisotopic (exact) mass is 200 g/mol. The first-order valence-electron chi connectivity index (χ1n) is 5.04. The fraction of sp³-hybridized carbons (Fsp3) is 0.727. The van der Waals surface area contributed by atoms with Crippen LogP contribution in [0.3, 0.4) is 0 Å². The SMILES string of the molecule is O=CC1(C/C=C/Cl)CCCCCC1. The third-order valence-electron chi connectivity index (χ3n) is 2.96. The molecule has 0 amide bonds. The van der Waals surface area contributed by atoms with E-state index in [0.29, 0.717) is 0 Å². The Labute approximate surface area is 85.2 Å². The number of hydrogen-bond acceptors (Lipinski definition) is 1. The Bertz CT molecular complexity index is 179. The number of carbonyl (C=O) groups excluding carboxylic acids is 1.